The first-order valence-electron chi connectivity index (χ1n) is 5.28. The highest BCUT2D eigenvalue weighted by Crippen LogP contribution is 2.49. The predicted octanol–water partition coefficient (Wildman–Crippen LogP) is 3.80. The van der Waals surface area contributed by atoms with Crippen molar-refractivity contribution >= 4 is 11.6 Å². The summed E-state index contributed by atoms with van der Waals surface area (Å²) >= 11 is 6.20. The maximum absolute atomic E-state index is 9.84. The van der Waals surface area contributed by atoms with Crippen molar-refractivity contribution in [3.8, 4) is 5.75 Å². The molecular formula is C12H13ClO. The average Bonchev–Trinajstić information content (AvgIpc) is 3.03. The molecule has 0 aliphatic heterocycles. The molecule has 1 aromatic carbocycles. The number of aromatic hydroxyl groups is 1. The van der Waals surface area contributed by atoms with Gasteiger partial charge in [-0.25, -0.2) is 0 Å². The Morgan fingerprint density at radius 3 is 2.14 bits per heavy atom. The summed E-state index contributed by atoms with van der Waals surface area (Å²) in [6, 6.07) is 3.86. The Morgan fingerprint density at radius 2 is 1.57 bits per heavy atom. The van der Waals surface area contributed by atoms with Gasteiger partial charge in [-0.1, -0.05) is 11.6 Å². The summed E-state index contributed by atoms with van der Waals surface area (Å²) in [5.74, 6) is 1.64. The fourth-order valence-electron chi connectivity index (χ4n) is 2.02. The molecule has 2 heteroatoms. The minimum atomic E-state index is 0.457. The molecule has 0 heterocycles. The molecule has 14 heavy (non-hydrogen) atoms. The number of halogens is 1. The lowest BCUT2D eigenvalue weighted by Gasteiger charge is -2.08. The smallest absolute Gasteiger partial charge is 0.119 e. The molecule has 2 aliphatic rings. The van der Waals surface area contributed by atoms with Gasteiger partial charge in [-0.2, -0.15) is 0 Å². The molecular weight excluding hydrogens is 196 g/mol. The van der Waals surface area contributed by atoms with Crippen LogP contribution in [0.25, 0.3) is 0 Å². The molecule has 2 aliphatic carbocycles. The van der Waals surface area contributed by atoms with Gasteiger partial charge in [-0.15, -0.1) is 0 Å². The topological polar surface area (TPSA) is 20.2 Å². The van der Waals surface area contributed by atoms with Crippen LogP contribution in [0.3, 0.4) is 0 Å². The van der Waals surface area contributed by atoms with Crippen molar-refractivity contribution in [3.05, 3.63) is 28.3 Å². The van der Waals surface area contributed by atoms with Gasteiger partial charge >= 0.3 is 0 Å². The van der Waals surface area contributed by atoms with Crippen LogP contribution in [0.5, 0.6) is 5.75 Å². The maximum atomic E-state index is 9.84. The SMILES string of the molecule is Oc1cc(C2CC2)c(Cl)cc1C1CC1. The Kier molecular flexibility index (Phi) is 1.78. The number of benzene rings is 1. The molecule has 1 aromatic rings. The van der Waals surface area contributed by atoms with E-state index in [1.165, 1.54) is 25.7 Å². The van der Waals surface area contributed by atoms with Gasteiger partial charge in [0, 0.05) is 5.02 Å². The highest BCUT2D eigenvalue weighted by atomic mass is 35.5. The van der Waals surface area contributed by atoms with E-state index in [0.29, 0.717) is 17.6 Å². The summed E-state index contributed by atoms with van der Waals surface area (Å²) in [5, 5.41) is 10.7. The first-order valence-corrected chi connectivity index (χ1v) is 5.66. The van der Waals surface area contributed by atoms with E-state index < -0.39 is 0 Å². The molecule has 0 spiro atoms. The van der Waals surface area contributed by atoms with Gasteiger partial charge in [-0.05, 0) is 60.8 Å². The molecule has 3 rings (SSSR count). The lowest BCUT2D eigenvalue weighted by molar-refractivity contribution is 0.467. The zero-order valence-electron chi connectivity index (χ0n) is 7.96. The summed E-state index contributed by atoms with van der Waals surface area (Å²) in [7, 11) is 0. The summed E-state index contributed by atoms with van der Waals surface area (Å²) in [5.41, 5.74) is 2.20. The molecule has 0 bridgehead atoms. The van der Waals surface area contributed by atoms with Crippen molar-refractivity contribution in [1.29, 1.82) is 0 Å². The van der Waals surface area contributed by atoms with Crippen LogP contribution in [0.1, 0.15) is 48.6 Å². The minimum absolute atomic E-state index is 0.457. The fraction of sp³-hybridized carbons (Fsp3) is 0.500. The van der Waals surface area contributed by atoms with Crippen molar-refractivity contribution < 1.29 is 5.11 Å². The Bertz CT molecular complexity index is 340. The van der Waals surface area contributed by atoms with Gasteiger partial charge in [-0.3, -0.25) is 0 Å². The lowest BCUT2D eigenvalue weighted by atomic mass is 10.0. The first-order chi connectivity index (χ1) is 6.75. The average molecular weight is 209 g/mol. The Morgan fingerprint density at radius 1 is 1.00 bits per heavy atom. The van der Waals surface area contributed by atoms with Crippen LogP contribution < -0.4 is 0 Å². The lowest BCUT2D eigenvalue weighted by Crippen LogP contribution is -1.87. The molecule has 2 fully saturated rings. The van der Waals surface area contributed by atoms with Gasteiger partial charge in [0.1, 0.15) is 5.75 Å². The third-order valence-electron chi connectivity index (χ3n) is 3.18. The largest absolute Gasteiger partial charge is 0.508 e. The van der Waals surface area contributed by atoms with Crippen LogP contribution in [0.2, 0.25) is 5.02 Å². The summed E-state index contributed by atoms with van der Waals surface area (Å²) in [6.07, 6.45) is 4.85. The van der Waals surface area contributed by atoms with Crippen LogP contribution >= 0.6 is 11.6 Å². The van der Waals surface area contributed by atoms with E-state index in [4.69, 9.17) is 11.6 Å². The Labute approximate surface area is 88.7 Å². The fourth-order valence-corrected chi connectivity index (χ4v) is 2.35. The van der Waals surface area contributed by atoms with Crippen molar-refractivity contribution in [2.45, 2.75) is 37.5 Å². The third kappa shape index (κ3) is 1.40. The Balaban J connectivity index is 2.03. The molecule has 0 saturated heterocycles. The monoisotopic (exact) mass is 208 g/mol. The second-order valence-corrected chi connectivity index (χ2v) is 4.89. The van der Waals surface area contributed by atoms with E-state index in [2.05, 4.69) is 0 Å². The third-order valence-corrected chi connectivity index (χ3v) is 3.51. The van der Waals surface area contributed by atoms with Crippen LogP contribution in [0, 0.1) is 0 Å². The number of hydrogen-bond acceptors (Lipinski definition) is 1. The number of hydrogen-bond donors (Lipinski definition) is 1. The minimum Gasteiger partial charge on any atom is -0.508 e. The summed E-state index contributed by atoms with van der Waals surface area (Å²) in [6.45, 7) is 0. The van der Waals surface area contributed by atoms with Crippen LogP contribution in [0.15, 0.2) is 12.1 Å². The first kappa shape index (κ1) is 8.60. The second kappa shape index (κ2) is 2.90. The number of phenolic OH excluding ortho intramolecular Hbond substituents is 1. The molecule has 0 aromatic heterocycles. The molecule has 1 N–H and O–H groups in total. The highest BCUT2D eigenvalue weighted by Gasteiger charge is 2.30. The van der Waals surface area contributed by atoms with E-state index in [0.717, 1.165) is 16.1 Å². The molecule has 1 nitrogen and oxygen atoms in total. The van der Waals surface area contributed by atoms with Gasteiger partial charge < -0.3 is 5.11 Å². The molecule has 2 saturated carbocycles. The summed E-state index contributed by atoms with van der Waals surface area (Å²) in [4.78, 5) is 0. The van der Waals surface area contributed by atoms with Gasteiger partial charge in [0.2, 0.25) is 0 Å². The van der Waals surface area contributed by atoms with Gasteiger partial charge in [0.05, 0.1) is 0 Å². The van der Waals surface area contributed by atoms with E-state index in [9.17, 15) is 5.11 Å². The quantitative estimate of drug-likeness (QED) is 0.784. The van der Waals surface area contributed by atoms with Gasteiger partial charge in [0.25, 0.3) is 0 Å². The second-order valence-electron chi connectivity index (χ2n) is 4.48. The molecule has 0 unspecified atom stereocenters. The van der Waals surface area contributed by atoms with E-state index in [1.54, 1.807) is 0 Å². The predicted molar refractivity (Wildman–Crippen MR) is 57.1 cm³/mol. The van der Waals surface area contributed by atoms with Crippen LogP contribution in [-0.2, 0) is 0 Å². The van der Waals surface area contributed by atoms with E-state index in [1.807, 2.05) is 12.1 Å². The molecule has 0 amide bonds. The van der Waals surface area contributed by atoms with E-state index >= 15 is 0 Å². The van der Waals surface area contributed by atoms with E-state index in [-0.39, 0.29) is 0 Å². The van der Waals surface area contributed by atoms with Crippen molar-refractivity contribution in [2.24, 2.45) is 0 Å². The van der Waals surface area contributed by atoms with Gasteiger partial charge in [0.15, 0.2) is 0 Å². The zero-order valence-corrected chi connectivity index (χ0v) is 8.72. The normalized spacial score (nSPS) is 21.2. The Hall–Kier alpha value is -0.690. The maximum Gasteiger partial charge on any atom is 0.119 e. The summed E-state index contributed by atoms with van der Waals surface area (Å²) < 4.78 is 0. The molecule has 0 atom stereocenters. The number of rotatable bonds is 2. The molecule has 74 valence electrons. The highest BCUT2D eigenvalue weighted by molar-refractivity contribution is 6.31. The van der Waals surface area contributed by atoms with Crippen molar-refractivity contribution in [3.63, 3.8) is 0 Å². The van der Waals surface area contributed by atoms with Crippen molar-refractivity contribution in [1.82, 2.24) is 0 Å². The van der Waals surface area contributed by atoms with Crippen LogP contribution in [0.4, 0.5) is 0 Å². The standard InChI is InChI=1S/C12H13ClO/c13-11-5-10(8-3-4-8)12(14)6-9(11)7-1-2-7/h5-8,14H,1-4H2. The zero-order chi connectivity index (χ0) is 9.71. The van der Waals surface area contributed by atoms with Crippen LogP contribution in [-0.4, -0.2) is 5.11 Å². The molecule has 0 radical (unpaired) electrons. The van der Waals surface area contributed by atoms with Crippen molar-refractivity contribution in [2.75, 3.05) is 0 Å². The number of phenols is 1.